The molecule has 2 rings (SSSR count). The Kier molecular flexibility index (Phi) is 4.37. The molecule has 0 radical (unpaired) electrons. The van der Waals surface area contributed by atoms with Gasteiger partial charge in [0.2, 0.25) is 5.91 Å². The smallest absolute Gasteiger partial charge is 0.219 e. The van der Waals surface area contributed by atoms with Crippen molar-refractivity contribution >= 4 is 11.7 Å². The number of aromatic nitrogens is 1. The first kappa shape index (κ1) is 13.8. The maximum atomic E-state index is 11.4. The molecular weight excluding hydrogens is 242 g/mol. The van der Waals surface area contributed by atoms with Gasteiger partial charge in [-0.05, 0) is 19.4 Å². The second-order valence-corrected chi connectivity index (χ2v) is 4.94. The van der Waals surface area contributed by atoms with Crippen LogP contribution in [0.3, 0.4) is 0 Å². The molecule has 5 nitrogen and oxygen atoms in total. The average Bonchev–Trinajstić information content (AvgIpc) is 2.64. The van der Waals surface area contributed by atoms with E-state index in [9.17, 15) is 9.90 Å². The Morgan fingerprint density at radius 2 is 2.16 bits per heavy atom. The molecule has 1 aromatic heterocycles. The number of rotatable bonds is 2. The molecule has 1 aliphatic rings. The summed E-state index contributed by atoms with van der Waals surface area (Å²) in [4.78, 5) is 19.8. The summed E-state index contributed by atoms with van der Waals surface area (Å²) in [5, 5.41) is 9.81. The van der Waals surface area contributed by atoms with Crippen LogP contribution < -0.4 is 4.90 Å². The van der Waals surface area contributed by atoms with Crippen molar-refractivity contribution in [3.63, 3.8) is 0 Å². The number of aliphatic hydroxyl groups is 1. The Morgan fingerprint density at radius 1 is 1.37 bits per heavy atom. The zero-order valence-electron chi connectivity index (χ0n) is 11.5. The Morgan fingerprint density at radius 3 is 2.84 bits per heavy atom. The first-order valence-electron chi connectivity index (χ1n) is 6.73. The highest BCUT2D eigenvalue weighted by molar-refractivity contribution is 5.73. The highest BCUT2D eigenvalue weighted by Crippen LogP contribution is 2.24. The van der Waals surface area contributed by atoms with E-state index in [0.717, 1.165) is 37.4 Å². The van der Waals surface area contributed by atoms with Crippen molar-refractivity contribution < 1.29 is 9.90 Å². The average molecular weight is 263 g/mol. The van der Waals surface area contributed by atoms with Gasteiger partial charge in [-0.15, -0.1) is 0 Å². The van der Waals surface area contributed by atoms with Crippen molar-refractivity contribution in [2.45, 2.75) is 26.4 Å². The molecule has 1 fully saturated rings. The molecule has 0 aliphatic carbocycles. The lowest BCUT2D eigenvalue weighted by molar-refractivity contribution is -0.128. The molecule has 5 heteroatoms. The molecule has 0 bridgehead atoms. The highest BCUT2D eigenvalue weighted by atomic mass is 16.3. The van der Waals surface area contributed by atoms with E-state index in [2.05, 4.69) is 9.88 Å². The van der Waals surface area contributed by atoms with Gasteiger partial charge in [-0.1, -0.05) is 6.07 Å². The van der Waals surface area contributed by atoms with Crippen LogP contribution in [0.4, 0.5) is 5.82 Å². The normalized spacial score (nSPS) is 18.1. The lowest BCUT2D eigenvalue weighted by Gasteiger charge is -2.25. The van der Waals surface area contributed by atoms with Crippen molar-refractivity contribution in [1.29, 1.82) is 0 Å². The van der Waals surface area contributed by atoms with Gasteiger partial charge in [0, 0.05) is 44.9 Å². The predicted molar refractivity (Wildman–Crippen MR) is 74.0 cm³/mol. The summed E-state index contributed by atoms with van der Waals surface area (Å²) in [6, 6.07) is 3.74. The minimum Gasteiger partial charge on any atom is -0.389 e. The molecule has 1 N–H and O–H groups in total. The van der Waals surface area contributed by atoms with E-state index >= 15 is 0 Å². The largest absolute Gasteiger partial charge is 0.389 e. The van der Waals surface area contributed by atoms with Crippen LogP contribution in [0.25, 0.3) is 0 Å². The topological polar surface area (TPSA) is 56.7 Å². The van der Waals surface area contributed by atoms with Crippen LogP contribution in [0.5, 0.6) is 0 Å². The molecule has 1 amide bonds. The molecule has 19 heavy (non-hydrogen) atoms. The number of anilines is 1. The molecule has 2 heterocycles. The number of amides is 1. The van der Waals surface area contributed by atoms with Crippen molar-refractivity contribution in [3.8, 4) is 0 Å². The van der Waals surface area contributed by atoms with Crippen LogP contribution in [0.2, 0.25) is 0 Å². The molecule has 0 saturated carbocycles. The third kappa shape index (κ3) is 3.23. The fourth-order valence-corrected chi connectivity index (χ4v) is 2.44. The number of hydrogen-bond acceptors (Lipinski definition) is 4. The highest BCUT2D eigenvalue weighted by Gasteiger charge is 2.20. The van der Waals surface area contributed by atoms with Crippen LogP contribution in [-0.4, -0.2) is 47.1 Å². The van der Waals surface area contributed by atoms with Crippen LogP contribution in [0.15, 0.2) is 18.3 Å². The molecule has 1 aliphatic heterocycles. The zero-order valence-corrected chi connectivity index (χ0v) is 11.5. The van der Waals surface area contributed by atoms with E-state index in [0.29, 0.717) is 6.54 Å². The predicted octanol–water partition coefficient (Wildman–Crippen LogP) is 1.19. The lowest BCUT2D eigenvalue weighted by atomic mass is 10.1. The van der Waals surface area contributed by atoms with Crippen LogP contribution in [0.1, 0.15) is 31.9 Å². The number of hydrogen-bond donors (Lipinski definition) is 1. The van der Waals surface area contributed by atoms with Crippen LogP contribution >= 0.6 is 0 Å². The Hall–Kier alpha value is -1.62. The van der Waals surface area contributed by atoms with Crippen molar-refractivity contribution in [3.05, 3.63) is 23.9 Å². The summed E-state index contributed by atoms with van der Waals surface area (Å²) in [6.45, 7) is 6.49. The quantitative estimate of drug-likeness (QED) is 0.871. The van der Waals surface area contributed by atoms with E-state index in [1.165, 1.54) is 0 Å². The number of aliphatic hydroxyl groups excluding tert-OH is 1. The minimum atomic E-state index is -0.532. The second-order valence-electron chi connectivity index (χ2n) is 4.94. The van der Waals surface area contributed by atoms with Gasteiger partial charge in [0.15, 0.2) is 0 Å². The summed E-state index contributed by atoms with van der Waals surface area (Å²) in [7, 11) is 0. The van der Waals surface area contributed by atoms with Crippen LogP contribution in [0, 0.1) is 0 Å². The zero-order chi connectivity index (χ0) is 13.8. The van der Waals surface area contributed by atoms with Gasteiger partial charge < -0.3 is 14.9 Å². The molecule has 0 aromatic carbocycles. The first-order valence-corrected chi connectivity index (χ1v) is 6.73. The van der Waals surface area contributed by atoms with Gasteiger partial charge in [0.25, 0.3) is 0 Å². The van der Waals surface area contributed by atoms with E-state index in [4.69, 9.17) is 0 Å². The first-order chi connectivity index (χ1) is 9.09. The fraction of sp³-hybridized carbons (Fsp3) is 0.571. The monoisotopic (exact) mass is 263 g/mol. The summed E-state index contributed by atoms with van der Waals surface area (Å²) in [6.07, 6.45) is 2.14. The summed E-state index contributed by atoms with van der Waals surface area (Å²) in [5.74, 6) is 0.960. The van der Waals surface area contributed by atoms with E-state index in [1.54, 1.807) is 20.0 Å². The molecule has 1 saturated heterocycles. The van der Waals surface area contributed by atoms with Crippen molar-refractivity contribution in [2.75, 3.05) is 31.1 Å². The van der Waals surface area contributed by atoms with Gasteiger partial charge >= 0.3 is 0 Å². The standard InChI is InChI=1S/C14H21N3O2/c1-11(18)13-5-3-6-15-14(13)17-8-4-7-16(9-10-17)12(2)19/h3,5-6,11,18H,4,7-10H2,1-2H3. The molecule has 1 atom stereocenters. The molecular formula is C14H21N3O2. The SMILES string of the molecule is CC(=O)N1CCCN(c2ncccc2C(C)O)CC1. The van der Waals surface area contributed by atoms with Gasteiger partial charge in [0.05, 0.1) is 6.10 Å². The van der Waals surface area contributed by atoms with E-state index in [1.807, 2.05) is 17.0 Å². The maximum absolute atomic E-state index is 11.4. The lowest BCUT2D eigenvalue weighted by Crippen LogP contribution is -2.34. The Balaban J connectivity index is 2.16. The summed E-state index contributed by atoms with van der Waals surface area (Å²) in [5.41, 5.74) is 0.846. The second kappa shape index (κ2) is 6.02. The Labute approximate surface area is 113 Å². The molecule has 0 spiro atoms. The van der Waals surface area contributed by atoms with Gasteiger partial charge in [0.1, 0.15) is 5.82 Å². The molecule has 1 unspecified atom stereocenters. The third-order valence-electron chi connectivity index (χ3n) is 3.51. The van der Waals surface area contributed by atoms with Crippen molar-refractivity contribution in [1.82, 2.24) is 9.88 Å². The van der Waals surface area contributed by atoms with Gasteiger partial charge in [-0.3, -0.25) is 4.79 Å². The number of carbonyl (C=O) groups is 1. The van der Waals surface area contributed by atoms with E-state index in [-0.39, 0.29) is 5.91 Å². The summed E-state index contributed by atoms with van der Waals surface area (Å²) < 4.78 is 0. The van der Waals surface area contributed by atoms with Gasteiger partial charge in [-0.2, -0.15) is 0 Å². The van der Waals surface area contributed by atoms with Crippen molar-refractivity contribution in [2.24, 2.45) is 0 Å². The fourth-order valence-electron chi connectivity index (χ4n) is 2.44. The van der Waals surface area contributed by atoms with Gasteiger partial charge in [-0.25, -0.2) is 4.98 Å². The number of carbonyl (C=O) groups excluding carboxylic acids is 1. The van der Waals surface area contributed by atoms with Crippen LogP contribution in [-0.2, 0) is 4.79 Å². The maximum Gasteiger partial charge on any atom is 0.219 e. The summed E-state index contributed by atoms with van der Waals surface area (Å²) >= 11 is 0. The molecule has 1 aromatic rings. The third-order valence-corrected chi connectivity index (χ3v) is 3.51. The molecule has 104 valence electrons. The number of pyridine rings is 1. The Bertz CT molecular complexity index is 448. The number of nitrogens with zero attached hydrogens (tertiary/aromatic N) is 3. The van der Waals surface area contributed by atoms with E-state index < -0.39 is 6.10 Å². The minimum absolute atomic E-state index is 0.124.